The summed E-state index contributed by atoms with van der Waals surface area (Å²) in [5, 5.41) is 0. The van der Waals surface area contributed by atoms with Crippen LogP contribution in [0.1, 0.15) is 25.7 Å². The second-order valence-corrected chi connectivity index (χ2v) is 4.89. The molecule has 1 saturated carbocycles. The molecule has 15 heavy (non-hydrogen) atoms. The van der Waals surface area contributed by atoms with Gasteiger partial charge in [0.2, 0.25) is 0 Å². The van der Waals surface area contributed by atoms with E-state index in [4.69, 9.17) is 4.74 Å². The fourth-order valence-electron chi connectivity index (χ4n) is 3.26. The molecule has 0 aromatic rings. The van der Waals surface area contributed by atoms with E-state index >= 15 is 0 Å². The number of hydrogen-bond acceptors (Lipinski definition) is 3. The first-order valence-corrected chi connectivity index (χ1v) is 5.66. The number of hydrogen-bond donors (Lipinski definition) is 0. The van der Waals surface area contributed by atoms with Crippen LogP contribution >= 0.6 is 0 Å². The lowest BCUT2D eigenvalue weighted by molar-refractivity contribution is -0.153. The van der Waals surface area contributed by atoms with Crippen LogP contribution in [0.4, 0.5) is 0 Å². The van der Waals surface area contributed by atoms with Crippen molar-refractivity contribution in [1.82, 2.24) is 0 Å². The minimum Gasteiger partial charge on any atom is -0.393 e. The molecule has 4 atom stereocenters. The number of fused-ring (bicyclic) bond motifs is 2. The summed E-state index contributed by atoms with van der Waals surface area (Å²) in [7, 11) is 0. The van der Waals surface area contributed by atoms with Gasteiger partial charge >= 0.3 is 11.9 Å². The lowest BCUT2D eigenvalue weighted by Gasteiger charge is -2.36. The lowest BCUT2D eigenvalue weighted by atomic mass is 9.65. The molecule has 2 aliphatic carbocycles. The Kier molecular flexibility index (Phi) is 1.94. The topological polar surface area (TPSA) is 43.4 Å². The van der Waals surface area contributed by atoms with Crippen molar-refractivity contribution >= 4 is 11.9 Å². The van der Waals surface area contributed by atoms with Gasteiger partial charge in [0, 0.05) is 0 Å². The molecule has 2 unspecified atom stereocenters. The molecule has 1 saturated heterocycles. The van der Waals surface area contributed by atoms with E-state index < -0.39 is 0 Å². The number of cyclic esters (lactones) is 2. The smallest absolute Gasteiger partial charge is 0.317 e. The maximum absolute atomic E-state index is 11.4. The fourth-order valence-corrected chi connectivity index (χ4v) is 3.26. The zero-order valence-corrected chi connectivity index (χ0v) is 8.52. The predicted molar refractivity (Wildman–Crippen MR) is 52.7 cm³/mol. The van der Waals surface area contributed by atoms with Crippen LogP contribution in [0.25, 0.3) is 0 Å². The molecule has 0 bridgehead atoms. The van der Waals surface area contributed by atoms with Gasteiger partial charge in [-0.1, -0.05) is 12.2 Å². The molecule has 0 aromatic heterocycles. The quantitative estimate of drug-likeness (QED) is 0.344. The van der Waals surface area contributed by atoms with Crippen LogP contribution in [-0.2, 0) is 14.3 Å². The van der Waals surface area contributed by atoms with Gasteiger partial charge in [0.1, 0.15) is 0 Å². The summed E-state index contributed by atoms with van der Waals surface area (Å²) in [6, 6.07) is 0. The first kappa shape index (κ1) is 9.13. The van der Waals surface area contributed by atoms with Crippen LogP contribution in [0.15, 0.2) is 12.2 Å². The summed E-state index contributed by atoms with van der Waals surface area (Å²) in [5.74, 6) is 0.357. The van der Waals surface area contributed by atoms with Crippen LogP contribution in [0.5, 0.6) is 0 Å². The van der Waals surface area contributed by atoms with E-state index in [0.717, 1.165) is 25.7 Å². The van der Waals surface area contributed by atoms with Gasteiger partial charge in [0.15, 0.2) is 0 Å². The summed E-state index contributed by atoms with van der Waals surface area (Å²) in [5.41, 5.74) is 0. The summed E-state index contributed by atoms with van der Waals surface area (Å²) in [4.78, 5) is 22.9. The van der Waals surface area contributed by atoms with Gasteiger partial charge in [0.05, 0.1) is 11.8 Å². The number of carbonyl (C=O) groups is 2. The average Bonchev–Trinajstić information content (AvgIpc) is 2.52. The Balaban J connectivity index is 1.84. The Morgan fingerprint density at radius 1 is 0.933 bits per heavy atom. The zero-order chi connectivity index (χ0) is 10.4. The van der Waals surface area contributed by atoms with Crippen molar-refractivity contribution in [3.8, 4) is 0 Å². The molecular weight excluding hydrogens is 192 g/mol. The molecule has 3 rings (SSSR count). The Morgan fingerprint density at radius 2 is 1.40 bits per heavy atom. The van der Waals surface area contributed by atoms with E-state index in [1.165, 1.54) is 0 Å². The van der Waals surface area contributed by atoms with Crippen molar-refractivity contribution in [2.75, 3.05) is 0 Å². The largest absolute Gasteiger partial charge is 0.393 e. The number of carbonyl (C=O) groups excluding carboxylic acids is 2. The van der Waals surface area contributed by atoms with E-state index in [0.29, 0.717) is 11.8 Å². The molecule has 0 amide bonds. The van der Waals surface area contributed by atoms with E-state index in [1.807, 2.05) is 0 Å². The SMILES string of the molecule is O=C1OC(=O)C2C[C@@H]3CC=CC[C@@H]3CC12. The van der Waals surface area contributed by atoms with Crippen molar-refractivity contribution < 1.29 is 14.3 Å². The summed E-state index contributed by atoms with van der Waals surface area (Å²) in [6.07, 6.45) is 8.23. The molecule has 3 nitrogen and oxygen atoms in total. The van der Waals surface area contributed by atoms with Crippen molar-refractivity contribution in [3.63, 3.8) is 0 Å². The molecule has 0 N–H and O–H groups in total. The summed E-state index contributed by atoms with van der Waals surface area (Å²) >= 11 is 0. The van der Waals surface area contributed by atoms with Crippen LogP contribution in [0.3, 0.4) is 0 Å². The molecule has 3 aliphatic rings. The van der Waals surface area contributed by atoms with E-state index in [9.17, 15) is 9.59 Å². The van der Waals surface area contributed by atoms with Gasteiger partial charge in [-0.15, -0.1) is 0 Å². The van der Waals surface area contributed by atoms with E-state index in [2.05, 4.69) is 12.2 Å². The monoisotopic (exact) mass is 206 g/mol. The van der Waals surface area contributed by atoms with Gasteiger partial charge in [-0.25, -0.2) is 0 Å². The molecule has 3 heteroatoms. The van der Waals surface area contributed by atoms with Crippen molar-refractivity contribution in [2.24, 2.45) is 23.7 Å². The van der Waals surface area contributed by atoms with E-state index in [-0.39, 0.29) is 23.8 Å². The second-order valence-electron chi connectivity index (χ2n) is 4.89. The number of ether oxygens (including phenoxy) is 1. The third-order valence-corrected chi connectivity index (χ3v) is 4.12. The molecule has 0 spiro atoms. The number of allylic oxidation sites excluding steroid dienone is 2. The molecular formula is C12H14O3. The van der Waals surface area contributed by atoms with Crippen LogP contribution in [-0.4, -0.2) is 11.9 Å². The minimum absolute atomic E-state index is 0.134. The highest BCUT2D eigenvalue weighted by Gasteiger charge is 2.50. The lowest BCUT2D eigenvalue weighted by Crippen LogP contribution is -2.34. The molecule has 80 valence electrons. The van der Waals surface area contributed by atoms with Gasteiger partial charge in [-0.3, -0.25) is 9.59 Å². The highest BCUT2D eigenvalue weighted by atomic mass is 16.6. The molecule has 2 fully saturated rings. The van der Waals surface area contributed by atoms with Crippen molar-refractivity contribution in [3.05, 3.63) is 12.2 Å². The maximum atomic E-state index is 11.4. The standard InChI is InChI=1S/C12H14O3/c13-11-9-5-7-3-1-2-4-8(7)6-10(9)12(14)15-11/h1-2,7-10H,3-6H2/t7-,8+,9?,10?. The second kappa shape index (κ2) is 3.19. The molecule has 0 radical (unpaired) electrons. The predicted octanol–water partition coefficient (Wildman–Crippen LogP) is 1.68. The summed E-state index contributed by atoms with van der Waals surface area (Å²) in [6.45, 7) is 0. The van der Waals surface area contributed by atoms with Crippen LogP contribution in [0.2, 0.25) is 0 Å². The maximum Gasteiger partial charge on any atom is 0.317 e. The third-order valence-electron chi connectivity index (χ3n) is 4.12. The Labute approximate surface area is 88.5 Å². The van der Waals surface area contributed by atoms with Gasteiger partial charge in [0.25, 0.3) is 0 Å². The van der Waals surface area contributed by atoms with Crippen molar-refractivity contribution in [2.45, 2.75) is 25.7 Å². The Bertz CT molecular complexity index is 313. The normalized spacial score (nSPS) is 43.5. The third kappa shape index (κ3) is 1.33. The van der Waals surface area contributed by atoms with Gasteiger partial charge < -0.3 is 4.74 Å². The van der Waals surface area contributed by atoms with Crippen molar-refractivity contribution in [1.29, 1.82) is 0 Å². The molecule has 1 heterocycles. The van der Waals surface area contributed by atoms with Gasteiger partial charge in [-0.2, -0.15) is 0 Å². The highest BCUT2D eigenvalue weighted by Crippen LogP contribution is 2.46. The Hall–Kier alpha value is -1.12. The number of esters is 2. The first-order valence-electron chi connectivity index (χ1n) is 5.66. The van der Waals surface area contributed by atoms with Gasteiger partial charge in [-0.05, 0) is 37.5 Å². The molecule has 1 aliphatic heterocycles. The average molecular weight is 206 g/mol. The summed E-state index contributed by atoms with van der Waals surface area (Å²) < 4.78 is 4.72. The fraction of sp³-hybridized carbons (Fsp3) is 0.667. The number of rotatable bonds is 0. The van der Waals surface area contributed by atoms with Crippen LogP contribution < -0.4 is 0 Å². The Morgan fingerprint density at radius 3 is 1.87 bits per heavy atom. The van der Waals surface area contributed by atoms with E-state index in [1.54, 1.807) is 0 Å². The van der Waals surface area contributed by atoms with Crippen LogP contribution in [0, 0.1) is 23.7 Å². The molecule has 0 aromatic carbocycles. The zero-order valence-electron chi connectivity index (χ0n) is 8.52. The minimum atomic E-state index is -0.280. The first-order chi connectivity index (χ1) is 7.25. The highest BCUT2D eigenvalue weighted by molar-refractivity contribution is 5.96.